The van der Waals surface area contributed by atoms with E-state index >= 15 is 0 Å². The van der Waals surface area contributed by atoms with E-state index in [0.29, 0.717) is 5.46 Å². The minimum Gasteiger partial charge on any atom is -0.455 e. The molecule has 0 radical (unpaired) electrons. The monoisotopic (exact) mass is 2010 g/mol. The molecule has 0 saturated carbocycles. The minimum absolute atomic E-state index is 0.489. The van der Waals surface area contributed by atoms with Crippen molar-refractivity contribution in [1.82, 2.24) is 9.97 Å². The SMILES string of the molecule is C(#Cc1ccccc1-c1cccc2c1oc1ccccc12)c1ccc(N(c2ccccc2)c2ccccc2)cc1.Ic1c(-c2ccc(N(c3ccccc3)c3ccccc3)cc2)c2ccc3c4ccccc4oc3c2c2ccccc12.OB(O)c1ccc(-c2cccnc2)cc1.c1ccc(N(c2ccccc2)c2ccc(-c3c(-c4ccc(-c5cccnc5)cc4)c4ccccc4c4c3ccc3c5ccccc5oc34)cc2)cc1. The molecule has 0 aliphatic carbocycles. The van der Waals surface area contributed by atoms with Gasteiger partial charge in [-0.15, -0.1) is 0 Å². The maximum Gasteiger partial charge on any atom is 0.488 e. The van der Waals surface area contributed by atoms with Crippen LogP contribution in [0.25, 0.3) is 176 Å². The number of pyridine rings is 2. The van der Waals surface area contributed by atoms with Gasteiger partial charge in [0.2, 0.25) is 0 Å². The average Bonchev–Trinajstić information content (AvgIpc) is 1.38. The first kappa shape index (κ1) is 91.7. The fourth-order valence-electron chi connectivity index (χ4n) is 20.5. The molecule has 0 amide bonds. The number of furan rings is 3. The summed E-state index contributed by atoms with van der Waals surface area (Å²) < 4.78 is 20.8. The molecule has 12 heteroatoms. The first-order chi connectivity index (χ1) is 73.2. The molecule has 27 rings (SSSR count). The van der Waals surface area contributed by atoms with Crippen LogP contribution in [0.15, 0.2) is 554 Å². The zero-order valence-electron chi connectivity index (χ0n) is 80.2. The molecule has 22 aromatic carbocycles. The van der Waals surface area contributed by atoms with E-state index in [1.165, 1.54) is 58.1 Å². The maximum absolute atomic E-state index is 8.93. The van der Waals surface area contributed by atoms with Gasteiger partial charge in [-0.05, 0) is 280 Å². The van der Waals surface area contributed by atoms with E-state index in [-0.39, 0.29) is 0 Å². The lowest BCUT2D eigenvalue weighted by molar-refractivity contribution is 0.426. The summed E-state index contributed by atoms with van der Waals surface area (Å²) in [5, 5.41) is 34.2. The van der Waals surface area contributed by atoms with Crippen molar-refractivity contribution in [1.29, 1.82) is 0 Å². The second-order valence-electron chi connectivity index (χ2n) is 36.2. The third kappa shape index (κ3) is 18.2. The van der Waals surface area contributed by atoms with Crippen LogP contribution < -0.4 is 20.2 Å². The van der Waals surface area contributed by atoms with E-state index in [2.05, 4.69) is 484 Å². The molecular formula is C136H91BIN5O5. The van der Waals surface area contributed by atoms with Gasteiger partial charge in [0.05, 0.1) is 0 Å². The molecule has 0 aliphatic heterocycles. The Hall–Kier alpha value is -18.7. The molecule has 700 valence electrons. The zero-order valence-corrected chi connectivity index (χ0v) is 82.4. The normalized spacial score (nSPS) is 11.2. The fourth-order valence-corrected chi connectivity index (χ4v) is 21.5. The number of anilines is 9. The van der Waals surface area contributed by atoms with Gasteiger partial charge in [-0.3, -0.25) is 9.97 Å². The van der Waals surface area contributed by atoms with Gasteiger partial charge in [0.1, 0.15) is 33.5 Å². The van der Waals surface area contributed by atoms with Crippen LogP contribution in [0.5, 0.6) is 0 Å². The summed E-state index contributed by atoms with van der Waals surface area (Å²) in [6.07, 6.45) is 7.22. The van der Waals surface area contributed by atoms with Gasteiger partial charge >= 0.3 is 7.12 Å². The molecule has 5 aromatic heterocycles. The molecule has 0 unspecified atom stereocenters. The second-order valence-corrected chi connectivity index (χ2v) is 37.3. The summed E-state index contributed by atoms with van der Waals surface area (Å²) >= 11 is 2.53. The molecule has 5 heterocycles. The third-order valence-corrected chi connectivity index (χ3v) is 28.5. The quantitative estimate of drug-likeness (QED) is 0.0419. The summed E-state index contributed by atoms with van der Waals surface area (Å²) in [7, 11) is -1.41. The van der Waals surface area contributed by atoms with Crippen molar-refractivity contribution in [3.63, 3.8) is 0 Å². The number of hydrogen-bond donors (Lipinski definition) is 2. The number of rotatable bonds is 16. The lowest BCUT2D eigenvalue weighted by Gasteiger charge is -2.26. The highest BCUT2D eigenvalue weighted by Crippen LogP contribution is 2.52. The highest BCUT2D eigenvalue weighted by atomic mass is 127. The Morgan fingerprint density at radius 2 is 0.520 bits per heavy atom. The Morgan fingerprint density at radius 3 is 0.946 bits per heavy atom. The lowest BCUT2D eigenvalue weighted by Crippen LogP contribution is -2.29. The van der Waals surface area contributed by atoms with Crippen LogP contribution in [0.4, 0.5) is 51.2 Å². The number of halogens is 1. The number of aromatic nitrogens is 2. The van der Waals surface area contributed by atoms with E-state index in [0.717, 1.165) is 183 Å². The van der Waals surface area contributed by atoms with Gasteiger partial charge in [0, 0.05) is 150 Å². The maximum atomic E-state index is 8.93. The van der Waals surface area contributed by atoms with E-state index in [1.54, 1.807) is 24.5 Å². The Bertz CT molecular complexity index is 9420. The van der Waals surface area contributed by atoms with Gasteiger partial charge in [0.15, 0.2) is 0 Å². The lowest BCUT2D eigenvalue weighted by atomic mass is 9.80. The van der Waals surface area contributed by atoms with Crippen molar-refractivity contribution in [3.05, 3.63) is 555 Å². The van der Waals surface area contributed by atoms with Crippen LogP contribution in [-0.4, -0.2) is 27.1 Å². The molecule has 0 bridgehead atoms. The summed E-state index contributed by atoms with van der Waals surface area (Å²) in [5.74, 6) is 6.83. The fraction of sp³-hybridized carbons (Fsp3) is 0. The zero-order chi connectivity index (χ0) is 99.2. The highest BCUT2D eigenvalue weighted by molar-refractivity contribution is 14.1. The van der Waals surface area contributed by atoms with Crippen LogP contribution in [-0.2, 0) is 0 Å². The third-order valence-electron chi connectivity index (χ3n) is 27.4. The number of hydrogen-bond acceptors (Lipinski definition) is 10. The first-order valence-corrected chi connectivity index (χ1v) is 50.4. The van der Waals surface area contributed by atoms with Crippen LogP contribution >= 0.6 is 22.6 Å². The van der Waals surface area contributed by atoms with Gasteiger partial charge in [-0.1, -0.05) is 358 Å². The second kappa shape index (κ2) is 41.3. The van der Waals surface area contributed by atoms with Gasteiger partial charge < -0.3 is 38.0 Å². The van der Waals surface area contributed by atoms with E-state index in [1.807, 2.05) is 91.3 Å². The first-order valence-electron chi connectivity index (χ1n) is 49.4. The molecule has 0 saturated heterocycles. The van der Waals surface area contributed by atoms with Gasteiger partial charge in [-0.25, -0.2) is 0 Å². The number of para-hydroxylation sites is 10. The van der Waals surface area contributed by atoms with Crippen LogP contribution in [0, 0.1) is 15.4 Å². The Morgan fingerprint density at radius 1 is 0.216 bits per heavy atom. The highest BCUT2D eigenvalue weighted by Gasteiger charge is 2.27. The van der Waals surface area contributed by atoms with E-state index in [9.17, 15) is 0 Å². The molecule has 2 N–H and O–H groups in total. The predicted octanol–water partition coefficient (Wildman–Crippen LogP) is 35.9. The van der Waals surface area contributed by atoms with Crippen LogP contribution in [0.2, 0.25) is 0 Å². The van der Waals surface area contributed by atoms with Crippen molar-refractivity contribution in [2.45, 2.75) is 0 Å². The van der Waals surface area contributed by atoms with E-state index in [4.69, 9.17) is 23.3 Å². The minimum atomic E-state index is -1.41. The number of fused-ring (bicyclic) bond motifs is 17. The van der Waals surface area contributed by atoms with E-state index < -0.39 is 7.12 Å². The topological polar surface area (TPSA) is 115 Å². The summed E-state index contributed by atoms with van der Waals surface area (Å²) in [4.78, 5) is 15.2. The van der Waals surface area contributed by atoms with Crippen molar-refractivity contribution >= 4 is 195 Å². The largest absolute Gasteiger partial charge is 0.488 e. The van der Waals surface area contributed by atoms with Gasteiger partial charge in [-0.2, -0.15) is 0 Å². The summed E-state index contributed by atoms with van der Waals surface area (Å²) in [6, 6.07) is 179. The number of nitrogens with zero attached hydrogens (tertiary/aromatic N) is 5. The molecule has 0 atom stereocenters. The Kier molecular flexibility index (Phi) is 25.6. The van der Waals surface area contributed by atoms with Gasteiger partial charge in [0.25, 0.3) is 0 Å². The molecule has 0 fully saturated rings. The number of benzene rings is 22. The predicted molar refractivity (Wildman–Crippen MR) is 625 cm³/mol. The smallest absolute Gasteiger partial charge is 0.455 e. The molecule has 0 aliphatic rings. The van der Waals surface area contributed by atoms with Crippen molar-refractivity contribution in [2.75, 3.05) is 14.7 Å². The summed E-state index contributed by atoms with van der Waals surface area (Å²) in [6.45, 7) is 0. The average molecular weight is 2010 g/mol. The van der Waals surface area contributed by atoms with Crippen molar-refractivity contribution in [2.24, 2.45) is 0 Å². The van der Waals surface area contributed by atoms with Crippen molar-refractivity contribution < 1.29 is 23.3 Å². The van der Waals surface area contributed by atoms with Crippen LogP contribution in [0.3, 0.4) is 0 Å². The molecule has 10 nitrogen and oxygen atoms in total. The Balaban J connectivity index is 0.000000112. The molecule has 148 heavy (non-hydrogen) atoms. The van der Waals surface area contributed by atoms with Crippen LogP contribution in [0.1, 0.15) is 11.1 Å². The van der Waals surface area contributed by atoms with Crippen molar-refractivity contribution in [3.8, 4) is 78.6 Å². The summed E-state index contributed by atoms with van der Waals surface area (Å²) in [5.41, 5.74) is 31.4. The Labute approximate surface area is 870 Å². The molecular weight excluding hydrogens is 1920 g/mol. The standard InChI is InChI=1S/C49H32N2O.C38H24INO.C38H25NO.C11H10BNO2/c1-3-13-37(14-4-1)51(38-15-5-2-6-16-38)39-27-25-35(26-28-39)47-44-30-29-43-40-17-9-10-20-45(40)52-49(43)48(44)42-19-8-7-18-41(42)46(47)34-23-21-33(22-24-34)36-12-11-31-50-32-36;39-37-31-17-8-7-16-30(31)36-33(24-23-32-29-15-9-10-18-34(29)41-38(32)36)35(37)25-19-21-28(22-20-25)40(26-11-3-1-4-12-26)27-13-5-2-6-14-27;1-3-13-30(14-4-1)39(31-15-5-2-6-16-31)32-26-23-28(24-27-32)22-25-29-12-7-8-17-33(29)35-19-11-20-36-34-18-9-10-21-37(34)40-38(35)36;14-12(15)11-5-3-9(4-6-11)10-2-1-7-13-8-10/h1-32H;1-24H;1-21,23-24,26-27H;1-8,14-15H. The molecule has 27 aromatic rings. The molecule has 0 spiro atoms.